The van der Waals surface area contributed by atoms with Crippen LogP contribution in [0.5, 0.6) is 0 Å². The molecule has 0 saturated carbocycles. The number of carbonyl (C=O) groups excluding carboxylic acids is 2. The molecule has 6 heteroatoms. The Bertz CT molecular complexity index is 605. The van der Waals surface area contributed by atoms with Gasteiger partial charge in [-0.1, -0.05) is 18.2 Å². The minimum atomic E-state index is -0.454. The molecule has 0 radical (unpaired) electrons. The van der Waals surface area contributed by atoms with Crippen LogP contribution in [0, 0.1) is 0 Å². The van der Waals surface area contributed by atoms with Crippen molar-refractivity contribution in [2.75, 3.05) is 51.8 Å². The molecule has 1 spiro atoms. The maximum Gasteiger partial charge on any atom is 0.253 e. The van der Waals surface area contributed by atoms with Crippen LogP contribution in [0.3, 0.4) is 0 Å². The monoisotopic (exact) mass is 331 g/mol. The SMILES string of the molecule is CN(C)CC(=O)N1CCCC2(C1)CN(c1ccccc1)C(=O)CO2. The zero-order valence-electron chi connectivity index (χ0n) is 14.4. The van der Waals surface area contributed by atoms with Gasteiger partial charge in [0, 0.05) is 12.2 Å². The number of rotatable bonds is 3. The average molecular weight is 331 g/mol. The van der Waals surface area contributed by atoms with Gasteiger partial charge in [-0.05, 0) is 39.1 Å². The van der Waals surface area contributed by atoms with E-state index in [2.05, 4.69) is 0 Å². The van der Waals surface area contributed by atoms with Crippen molar-refractivity contribution in [3.8, 4) is 0 Å². The molecule has 0 aliphatic carbocycles. The van der Waals surface area contributed by atoms with E-state index in [9.17, 15) is 9.59 Å². The number of anilines is 1. The Balaban J connectivity index is 1.75. The number of likely N-dealkylation sites (N-methyl/N-ethyl adjacent to an activating group) is 1. The lowest BCUT2D eigenvalue weighted by molar-refractivity contribution is -0.153. The van der Waals surface area contributed by atoms with E-state index in [4.69, 9.17) is 4.74 Å². The van der Waals surface area contributed by atoms with E-state index in [-0.39, 0.29) is 18.4 Å². The highest BCUT2D eigenvalue weighted by molar-refractivity contribution is 5.95. The molecule has 3 rings (SSSR count). The molecular weight excluding hydrogens is 306 g/mol. The van der Waals surface area contributed by atoms with Crippen LogP contribution in [0.2, 0.25) is 0 Å². The number of hydrogen-bond acceptors (Lipinski definition) is 4. The van der Waals surface area contributed by atoms with Gasteiger partial charge in [-0.2, -0.15) is 0 Å². The Labute approximate surface area is 143 Å². The number of carbonyl (C=O) groups is 2. The molecule has 1 atom stereocenters. The molecule has 1 unspecified atom stereocenters. The molecule has 0 N–H and O–H groups in total. The lowest BCUT2D eigenvalue weighted by Crippen LogP contribution is -2.62. The quantitative estimate of drug-likeness (QED) is 0.828. The summed E-state index contributed by atoms with van der Waals surface area (Å²) in [6.07, 6.45) is 1.77. The molecule has 2 fully saturated rings. The van der Waals surface area contributed by atoms with Gasteiger partial charge in [0.05, 0.1) is 19.6 Å². The highest BCUT2D eigenvalue weighted by Crippen LogP contribution is 2.31. The van der Waals surface area contributed by atoms with Crippen molar-refractivity contribution in [1.29, 1.82) is 0 Å². The molecule has 1 aromatic carbocycles. The zero-order chi connectivity index (χ0) is 17.2. The second kappa shape index (κ2) is 6.91. The van der Waals surface area contributed by atoms with E-state index in [0.717, 1.165) is 25.1 Å². The number of para-hydroxylation sites is 1. The Kier molecular flexibility index (Phi) is 4.87. The first-order chi connectivity index (χ1) is 11.5. The summed E-state index contributed by atoms with van der Waals surface area (Å²) in [4.78, 5) is 30.2. The number of morpholine rings is 1. The number of ether oxygens (including phenoxy) is 1. The van der Waals surface area contributed by atoms with E-state index < -0.39 is 5.60 Å². The van der Waals surface area contributed by atoms with Crippen LogP contribution in [0.25, 0.3) is 0 Å². The van der Waals surface area contributed by atoms with E-state index >= 15 is 0 Å². The summed E-state index contributed by atoms with van der Waals surface area (Å²) in [5, 5.41) is 0. The van der Waals surface area contributed by atoms with Gasteiger partial charge in [-0.25, -0.2) is 0 Å². The van der Waals surface area contributed by atoms with Crippen LogP contribution in [-0.2, 0) is 14.3 Å². The summed E-state index contributed by atoms with van der Waals surface area (Å²) < 4.78 is 5.96. The fraction of sp³-hybridized carbons (Fsp3) is 0.556. The third kappa shape index (κ3) is 3.60. The molecule has 0 aromatic heterocycles. The Hall–Kier alpha value is -1.92. The Morgan fingerprint density at radius 2 is 2.00 bits per heavy atom. The predicted octanol–water partition coefficient (Wildman–Crippen LogP) is 0.973. The normalized spacial score (nSPS) is 24.7. The van der Waals surface area contributed by atoms with Crippen molar-refractivity contribution < 1.29 is 14.3 Å². The second-order valence-electron chi connectivity index (χ2n) is 6.94. The van der Waals surface area contributed by atoms with E-state index in [0.29, 0.717) is 19.6 Å². The minimum Gasteiger partial charge on any atom is -0.361 e. The van der Waals surface area contributed by atoms with Crippen molar-refractivity contribution in [2.45, 2.75) is 18.4 Å². The van der Waals surface area contributed by atoms with Gasteiger partial charge in [-0.3, -0.25) is 9.59 Å². The van der Waals surface area contributed by atoms with Crippen LogP contribution in [0.1, 0.15) is 12.8 Å². The molecule has 2 amide bonds. The first-order valence-electron chi connectivity index (χ1n) is 8.41. The fourth-order valence-corrected chi connectivity index (χ4v) is 3.49. The summed E-state index contributed by atoms with van der Waals surface area (Å²) >= 11 is 0. The van der Waals surface area contributed by atoms with Crippen LogP contribution >= 0.6 is 0 Å². The average Bonchev–Trinajstić information content (AvgIpc) is 2.58. The maximum absolute atomic E-state index is 12.4. The molecule has 2 saturated heterocycles. The van der Waals surface area contributed by atoms with Gasteiger partial charge in [0.15, 0.2) is 0 Å². The number of likely N-dealkylation sites (tertiary alicyclic amines) is 1. The van der Waals surface area contributed by atoms with Gasteiger partial charge >= 0.3 is 0 Å². The Morgan fingerprint density at radius 1 is 1.25 bits per heavy atom. The largest absolute Gasteiger partial charge is 0.361 e. The third-order valence-corrected chi connectivity index (χ3v) is 4.66. The van der Waals surface area contributed by atoms with Crippen molar-refractivity contribution >= 4 is 17.5 Å². The number of hydrogen-bond donors (Lipinski definition) is 0. The fourth-order valence-electron chi connectivity index (χ4n) is 3.49. The van der Waals surface area contributed by atoms with Gasteiger partial charge in [0.25, 0.3) is 5.91 Å². The molecule has 6 nitrogen and oxygen atoms in total. The first kappa shape index (κ1) is 16.9. The van der Waals surface area contributed by atoms with Crippen LogP contribution in [0.15, 0.2) is 30.3 Å². The topological polar surface area (TPSA) is 53.1 Å². The zero-order valence-corrected chi connectivity index (χ0v) is 14.4. The maximum atomic E-state index is 12.4. The number of benzene rings is 1. The summed E-state index contributed by atoms with van der Waals surface area (Å²) in [5.41, 5.74) is 0.436. The lowest BCUT2D eigenvalue weighted by Gasteiger charge is -2.47. The number of amides is 2. The van der Waals surface area contributed by atoms with Gasteiger partial charge < -0.3 is 19.4 Å². The molecular formula is C18H25N3O3. The van der Waals surface area contributed by atoms with Gasteiger partial charge in [0.1, 0.15) is 12.2 Å². The highest BCUT2D eigenvalue weighted by atomic mass is 16.5. The van der Waals surface area contributed by atoms with Crippen molar-refractivity contribution in [3.05, 3.63) is 30.3 Å². The molecule has 2 aliphatic heterocycles. The standard InChI is InChI=1S/C18H25N3O3/c1-19(2)11-16(22)20-10-6-9-18(13-20)14-21(17(23)12-24-18)15-7-4-3-5-8-15/h3-5,7-8H,6,9-14H2,1-2H3. The van der Waals surface area contributed by atoms with Crippen molar-refractivity contribution in [1.82, 2.24) is 9.80 Å². The highest BCUT2D eigenvalue weighted by Gasteiger charge is 2.44. The molecule has 2 aliphatic rings. The smallest absolute Gasteiger partial charge is 0.253 e. The summed E-state index contributed by atoms with van der Waals surface area (Å²) in [6, 6.07) is 9.67. The molecule has 1 aromatic rings. The minimum absolute atomic E-state index is 0.0245. The number of piperidine rings is 1. The first-order valence-corrected chi connectivity index (χ1v) is 8.41. The summed E-state index contributed by atoms with van der Waals surface area (Å²) in [7, 11) is 3.79. The summed E-state index contributed by atoms with van der Waals surface area (Å²) in [5.74, 6) is 0.0920. The summed E-state index contributed by atoms with van der Waals surface area (Å²) in [6.45, 7) is 2.29. The third-order valence-electron chi connectivity index (χ3n) is 4.66. The predicted molar refractivity (Wildman–Crippen MR) is 91.8 cm³/mol. The van der Waals surface area contributed by atoms with E-state index in [1.165, 1.54) is 0 Å². The van der Waals surface area contributed by atoms with E-state index in [1.54, 1.807) is 4.90 Å². The van der Waals surface area contributed by atoms with Crippen LogP contribution < -0.4 is 4.90 Å². The number of nitrogens with zero attached hydrogens (tertiary/aromatic N) is 3. The van der Waals surface area contributed by atoms with Gasteiger partial charge in [0.2, 0.25) is 5.91 Å². The van der Waals surface area contributed by atoms with Gasteiger partial charge in [-0.15, -0.1) is 0 Å². The molecule has 24 heavy (non-hydrogen) atoms. The second-order valence-corrected chi connectivity index (χ2v) is 6.94. The van der Waals surface area contributed by atoms with E-state index in [1.807, 2.05) is 54.2 Å². The molecule has 0 bridgehead atoms. The van der Waals surface area contributed by atoms with Crippen LogP contribution in [0.4, 0.5) is 5.69 Å². The van der Waals surface area contributed by atoms with Crippen molar-refractivity contribution in [3.63, 3.8) is 0 Å². The Morgan fingerprint density at radius 3 is 2.71 bits per heavy atom. The molecule has 130 valence electrons. The van der Waals surface area contributed by atoms with Crippen LogP contribution in [-0.4, -0.2) is 74.1 Å². The molecule has 2 heterocycles. The lowest BCUT2D eigenvalue weighted by atomic mass is 9.90. The van der Waals surface area contributed by atoms with Crippen molar-refractivity contribution in [2.24, 2.45) is 0 Å².